The summed E-state index contributed by atoms with van der Waals surface area (Å²) in [6, 6.07) is 0. The summed E-state index contributed by atoms with van der Waals surface area (Å²) in [7, 11) is 0. The van der Waals surface area contributed by atoms with Gasteiger partial charge in [-0.05, 0) is 44.7 Å². The average Bonchev–Trinajstić information content (AvgIpc) is 2.39. The molecule has 94 valence electrons. The molecule has 0 aromatic rings. The minimum Gasteiger partial charge on any atom is -0.329 e. The SMILES string of the molecule is CCC1CCN(C2(CN)CCCCC2)CC1. The highest BCUT2D eigenvalue weighted by atomic mass is 15.2. The van der Waals surface area contributed by atoms with Gasteiger partial charge in [0.15, 0.2) is 0 Å². The molecular formula is C14H28N2. The van der Waals surface area contributed by atoms with Crippen LogP contribution in [0.25, 0.3) is 0 Å². The first kappa shape index (κ1) is 12.4. The highest BCUT2D eigenvalue weighted by molar-refractivity contribution is 4.95. The fraction of sp³-hybridized carbons (Fsp3) is 1.00. The Hall–Kier alpha value is -0.0800. The number of piperidine rings is 1. The highest BCUT2D eigenvalue weighted by Crippen LogP contribution is 2.35. The largest absolute Gasteiger partial charge is 0.329 e. The van der Waals surface area contributed by atoms with Gasteiger partial charge in [0.25, 0.3) is 0 Å². The molecule has 0 unspecified atom stereocenters. The number of rotatable bonds is 3. The van der Waals surface area contributed by atoms with Gasteiger partial charge in [-0.15, -0.1) is 0 Å². The van der Waals surface area contributed by atoms with Gasteiger partial charge in [0, 0.05) is 12.1 Å². The molecule has 1 aliphatic heterocycles. The van der Waals surface area contributed by atoms with E-state index in [1.165, 1.54) is 64.5 Å². The van der Waals surface area contributed by atoms with Crippen molar-refractivity contribution in [1.82, 2.24) is 4.90 Å². The van der Waals surface area contributed by atoms with Gasteiger partial charge in [0.1, 0.15) is 0 Å². The van der Waals surface area contributed by atoms with Crippen LogP contribution in [0.15, 0.2) is 0 Å². The van der Waals surface area contributed by atoms with Crippen LogP contribution < -0.4 is 5.73 Å². The van der Waals surface area contributed by atoms with E-state index in [0.717, 1.165) is 12.5 Å². The first-order valence-corrected chi connectivity index (χ1v) is 7.26. The van der Waals surface area contributed by atoms with Crippen molar-refractivity contribution in [3.8, 4) is 0 Å². The lowest BCUT2D eigenvalue weighted by molar-refractivity contribution is 0.0263. The van der Waals surface area contributed by atoms with Crippen LogP contribution in [0.3, 0.4) is 0 Å². The Labute approximate surface area is 101 Å². The third-order valence-electron chi connectivity index (χ3n) is 5.03. The summed E-state index contributed by atoms with van der Waals surface area (Å²) >= 11 is 0. The van der Waals surface area contributed by atoms with E-state index in [1.54, 1.807) is 0 Å². The number of hydrogen-bond donors (Lipinski definition) is 1. The Bertz CT molecular complexity index is 201. The van der Waals surface area contributed by atoms with Gasteiger partial charge in [0.2, 0.25) is 0 Å². The lowest BCUT2D eigenvalue weighted by atomic mass is 9.78. The Kier molecular flexibility index (Phi) is 4.26. The molecule has 2 fully saturated rings. The van der Waals surface area contributed by atoms with E-state index in [9.17, 15) is 0 Å². The van der Waals surface area contributed by atoms with E-state index >= 15 is 0 Å². The molecule has 0 amide bonds. The van der Waals surface area contributed by atoms with Crippen molar-refractivity contribution in [2.24, 2.45) is 11.7 Å². The van der Waals surface area contributed by atoms with Gasteiger partial charge >= 0.3 is 0 Å². The van der Waals surface area contributed by atoms with Gasteiger partial charge in [-0.2, -0.15) is 0 Å². The summed E-state index contributed by atoms with van der Waals surface area (Å²) in [6.45, 7) is 5.81. The van der Waals surface area contributed by atoms with E-state index in [4.69, 9.17) is 5.73 Å². The summed E-state index contributed by atoms with van der Waals surface area (Å²) in [6.07, 6.45) is 11.1. The molecule has 2 N–H and O–H groups in total. The van der Waals surface area contributed by atoms with E-state index in [-0.39, 0.29) is 0 Å². The van der Waals surface area contributed by atoms with Crippen LogP contribution in [0.2, 0.25) is 0 Å². The number of hydrogen-bond acceptors (Lipinski definition) is 2. The smallest absolute Gasteiger partial charge is 0.0331 e. The molecule has 0 spiro atoms. The maximum Gasteiger partial charge on any atom is 0.0331 e. The van der Waals surface area contributed by atoms with Crippen molar-refractivity contribution < 1.29 is 0 Å². The molecule has 2 rings (SSSR count). The van der Waals surface area contributed by atoms with E-state index in [0.29, 0.717) is 5.54 Å². The van der Waals surface area contributed by atoms with Crippen LogP contribution in [0.1, 0.15) is 58.3 Å². The third kappa shape index (κ3) is 2.43. The van der Waals surface area contributed by atoms with Crippen molar-refractivity contribution in [3.63, 3.8) is 0 Å². The number of likely N-dealkylation sites (tertiary alicyclic amines) is 1. The molecule has 1 saturated heterocycles. The van der Waals surface area contributed by atoms with Crippen molar-refractivity contribution in [2.45, 2.75) is 63.8 Å². The topological polar surface area (TPSA) is 29.3 Å². The van der Waals surface area contributed by atoms with Gasteiger partial charge in [0.05, 0.1) is 0 Å². The third-order valence-corrected chi connectivity index (χ3v) is 5.03. The maximum absolute atomic E-state index is 6.09. The molecular weight excluding hydrogens is 196 g/mol. The lowest BCUT2D eigenvalue weighted by Gasteiger charge is -2.48. The monoisotopic (exact) mass is 224 g/mol. The van der Waals surface area contributed by atoms with Crippen LogP contribution in [-0.4, -0.2) is 30.1 Å². The summed E-state index contributed by atoms with van der Waals surface area (Å²) in [4.78, 5) is 2.73. The van der Waals surface area contributed by atoms with E-state index in [2.05, 4.69) is 11.8 Å². The second-order valence-electron chi connectivity index (χ2n) is 5.83. The second kappa shape index (κ2) is 5.50. The van der Waals surface area contributed by atoms with E-state index < -0.39 is 0 Å². The molecule has 0 aromatic carbocycles. The predicted molar refractivity (Wildman–Crippen MR) is 69.5 cm³/mol. The Morgan fingerprint density at radius 3 is 2.25 bits per heavy atom. The van der Waals surface area contributed by atoms with Crippen molar-refractivity contribution >= 4 is 0 Å². The molecule has 0 bridgehead atoms. The molecule has 2 nitrogen and oxygen atoms in total. The summed E-state index contributed by atoms with van der Waals surface area (Å²) in [5, 5.41) is 0. The van der Waals surface area contributed by atoms with Crippen molar-refractivity contribution in [2.75, 3.05) is 19.6 Å². The van der Waals surface area contributed by atoms with Crippen LogP contribution in [0, 0.1) is 5.92 Å². The summed E-state index contributed by atoms with van der Waals surface area (Å²) < 4.78 is 0. The first-order chi connectivity index (χ1) is 7.80. The van der Waals surface area contributed by atoms with Crippen molar-refractivity contribution in [3.05, 3.63) is 0 Å². The van der Waals surface area contributed by atoms with Crippen LogP contribution in [0.5, 0.6) is 0 Å². The minimum atomic E-state index is 0.386. The zero-order chi connectivity index (χ0) is 11.4. The first-order valence-electron chi connectivity index (χ1n) is 7.26. The predicted octanol–water partition coefficient (Wildman–Crippen LogP) is 2.77. The Morgan fingerprint density at radius 1 is 1.12 bits per heavy atom. The molecule has 2 heteroatoms. The van der Waals surface area contributed by atoms with Crippen LogP contribution in [-0.2, 0) is 0 Å². The van der Waals surface area contributed by atoms with E-state index in [1.807, 2.05) is 0 Å². The van der Waals surface area contributed by atoms with Gasteiger partial charge in [-0.1, -0.05) is 32.6 Å². The Morgan fingerprint density at radius 2 is 1.75 bits per heavy atom. The number of nitrogens with zero attached hydrogens (tertiary/aromatic N) is 1. The van der Waals surface area contributed by atoms with Crippen molar-refractivity contribution in [1.29, 1.82) is 0 Å². The molecule has 0 radical (unpaired) electrons. The standard InChI is InChI=1S/C14H28N2/c1-2-13-6-10-16(11-7-13)14(12-15)8-4-3-5-9-14/h13H,2-12,15H2,1H3. The fourth-order valence-electron chi connectivity index (χ4n) is 3.67. The molecule has 1 heterocycles. The van der Waals surface area contributed by atoms with Crippen LogP contribution in [0.4, 0.5) is 0 Å². The Balaban J connectivity index is 1.94. The minimum absolute atomic E-state index is 0.386. The van der Waals surface area contributed by atoms with Gasteiger partial charge < -0.3 is 5.73 Å². The van der Waals surface area contributed by atoms with Crippen LogP contribution >= 0.6 is 0 Å². The molecule has 16 heavy (non-hydrogen) atoms. The second-order valence-corrected chi connectivity index (χ2v) is 5.83. The van der Waals surface area contributed by atoms with Gasteiger partial charge in [-0.3, -0.25) is 4.90 Å². The zero-order valence-electron chi connectivity index (χ0n) is 10.9. The quantitative estimate of drug-likeness (QED) is 0.798. The normalized spacial score (nSPS) is 28.1. The molecule has 1 saturated carbocycles. The molecule has 2 aliphatic rings. The molecule has 0 aromatic heterocycles. The summed E-state index contributed by atoms with van der Waals surface area (Å²) in [5.74, 6) is 0.981. The average molecular weight is 224 g/mol. The molecule has 1 aliphatic carbocycles. The van der Waals surface area contributed by atoms with Gasteiger partial charge in [-0.25, -0.2) is 0 Å². The zero-order valence-corrected chi connectivity index (χ0v) is 10.9. The summed E-state index contributed by atoms with van der Waals surface area (Å²) in [5.41, 5.74) is 6.48. The number of nitrogens with two attached hydrogens (primary N) is 1. The highest BCUT2D eigenvalue weighted by Gasteiger charge is 2.37. The maximum atomic E-state index is 6.09. The fourth-order valence-corrected chi connectivity index (χ4v) is 3.67. The molecule has 0 atom stereocenters. The lowest BCUT2D eigenvalue weighted by Crippen LogP contribution is -2.57.